The molecule has 0 spiro atoms. The van der Waals surface area contributed by atoms with Crippen LogP contribution in [0.15, 0.2) is 0 Å². The Labute approximate surface area is 111 Å². The first kappa shape index (κ1) is 17.2. The number of thioether (sulfide) groups is 1. The van der Waals surface area contributed by atoms with E-state index in [9.17, 15) is 5.11 Å². The van der Waals surface area contributed by atoms with Crippen LogP contribution in [0.4, 0.5) is 0 Å². The Bertz CT molecular complexity index is 163. The van der Waals surface area contributed by atoms with Crippen LogP contribution in [0.5, 0.6) is 0 Å². The van der Waals surface area contributed by atoms with E-state index in [1.165, 1.54) is 0 Å². The molecule has 0 aliphatic heterocycles. The molecule has 0 saturated carbocycles. The smallest absolute Gasteiger partial charge is 0.0754 e. The van der Waals surface area contributed by atoms with Crippen LogP contribution >= 0.6 is 11.8 Å². The van der Waals surface area contributed by atoms with Gasteiger partial charge in [0.1, 0.15) is 0 Å². The van der Waals surface area contributed by atoms with E-state index in [0.29, 0.717) is 5.92 Å². The van der Waals surface area contributed by atoms with Gasteiger partial charge in [-0.3, -0.25) is 0 Å². The zero-order chi connectivity index (χ0) is 13.1. The van der Waals surface area contributed by atoms with Crippen LogP contribution in [0.3, 0.4) is 0 Å². The van der Waals surface area contributed by atoms with Gasteiger partial charge in [-0.05, 0) is 25.6 Å². The van der Waals surface area contributed by atoms with E-state index < -0.39 is 0 Å². The van der Waals surface area contributed by atoms with Crippen molar-refractivity contribution in [2.45, 2.75) is 33.8 Å². The van der Waals surface area contributed by atoms with Gasteiger partial charge in [-0.25, -0.2) is 0 Å². The summed E-state index contributed by atoms with van der Waals surface area (Å²) in [5.74, 6) is 2.60. The van der Waals surface area contributed by atoms with Crippen LogP contribution in [0.25, 0.3) is 0 Å². The van der Waals surface area contributed by atoms with Gasteiger partial charge in [-0.2, -0.15) is 11.8 Å². The summed E-state index contributed by atoms with van der Waals surface area (Å²) in [5, 5.41) is 13.0. The predicted octanol–water partition coefficient (Wildman–Crippen LogP) is 1.67. The van der Waals surface area contributed by atoms with E-state index in [0.717, 1.165) is 44.2 Å². The standard InChI is InChI=1S/C13H30N2OS/c1-5-15(6-2)7-8-17-11-13(16)10-14-9-12(3)4/h12-14,16H,5-11H2,1-4H3. The molecule has 0 aromatic rings. The monoisotopic (exact) mass is 262 g/mol. The highest BCUT2D eigenvalue weighted by molar-refractivity contribution is 7.99. The second-order valence-electron chi connectivity index (χ2n) is 4.81. The van der Waals surface area contributed by atoms with Crippen molar-refractivity contribution in [1.29, 1.82) is 0 Å². The van der Waals surface area contributed by atoms with Gasteiger partial charge < -0.3 is 15.3 Å². The lowest BCUT2D eigenvalue weighted by molar-refractivity contribution is 0.194. The highest BCUT2D eigenvalue weighted by Crippen LogP contribution is 2.03. The van der Waals surface area contributed by atoms with Gasteiger partial charge in [0, 0.05) is 24.6 Å². The third kappa shape index (κ3) is 11.1. The number of nitrogens with zero attached hydrogens (tertiary/aromatic N) is 1. The topological polar surface area (TPSA) is 35.5 Å². The van der Waals surface area contributed by atoms with Crippen LogP contribution in [0.1, 0.15) is 27.7 Å². The summed E-state index contributed by atoms with van der Waals surface area (Å²) in [6, 6.07) is 0. The fraction of sp³-hybridized carbons (Fsp3) is 1.00. The average Bonchev–Trinajstić information content (AvgIpc) is 2.29. The molecule has 0 aliphatic rings. The van der Waals surface area contributed by atoms with Gasteiger partial charge in [0.25, 0.3) is 0 Å². The Morgan fingerprint density at radius 2 is 1.82 bits per heavy atom. The SMILES string of the molecule is CCN(CC)CCSCC(O)CNCC(C)C. The molecule has 4 heteroatoms. The molecular weight excluding hydrogens is 232 g/mol. The predicted molar refractivity (Wildman–Crippen MR) is 78.8 cm³/mol. The van der Waals surface area contributed by atoms with Crippen molar-refractivity contribution in [3.63, 3.8) is 0 Å². The Kier molecular flexibility index (Phi) is 11.5. The fourth-order valence-corrected chi connectivity index (χ4v) is 2.49. The lowest BCUT2D eigenvalue weighted by Gasteiger charge is -2.18. The molecule has 1 atom stereocenters. The maximum absolute atomic E-state index is 9.74. The van der Waals surface area contributed by atoms with Gasteiger partial charge in [0.2, 0.25) is 0 Å². The Balaban J connectivity index is 3.35. The largest absolute Gasteiger partial charge is 0.391 e. The molecule has 0 rings (SSSR count). The summed E-state index contributed by atoms with van der Waals surface area (Å²) in [7, 11) is 0. The zero-order valence-corrected chi connectivity index (χ0v) is 12.7. The van der Waals surface area contributed by atoms with Crippen LogP contribution in [0.2, 0.25) is 0 Å². The van der Waals surface area contributed by atoms with Crippen LogP contribution in [-0.4, -0.2) is 60.3 Å². The average molecular weight is 262 g/mol. The third-order valence-electron chi connectivity index (χ3n) is 2.69. The maximum atomic E-state index is 9.74. The van der Waals surface area contributed by atoms with Crippen molar-refractivity contribution in [3.8, 4) is 0 Å². The molecule has 0 amide bonds. The van der Waals surface area contributed by atoms with Gasteiger partial charge in [0.05, 0.1) is 6.10 Å². The minimum absolute atomic E-state index is 0.213. The van der Waals surface area contributed by atoms with Crippen molar-refractivity contribution in [1.82, 2.24) is 10.2 Å². The second kappa shape index (κ2) is 11.3. The summed E-state index contributed by atoms with van der Waals surface area (Å²) in [6.45, 7) is 13.8. The summed E-state index contributed by atoms with van der Waals surface area (Å²) in [4.78, 5) is 2.41. The number of hydrogen-bond acceptors (Lipinski definition) is 4. The highest BCUT2D eigenvalue weighted by Gasteiger charge is 2.05. The van der Waals surface area contributed by atoms with Gasteiger partial charge in [-0.1, -0.05) is 27.7 Å². The molecule has 3 nitrogen and oxygen atoms in total. The first-order valence-corrected chi connectivity index (χ1v) is 7.94. The van der Waals surface area contributed by atoms with E-state index in [-0.39, 0.29) is 6.10 Å². The number of aliphatic hydroxyl groups is 1. The number of nitrogens with one attached hydrogen (secondary N) is 1. The molecule has 0 saturated heterocycles. The van der Waals surface area contributed by atoms with Gasteiger partial charge in [0.15, 0.2) is 0 Å². The molecule has 17 heavy (non-hydrogen) atoms. The van der Waals surface area contributed by atoms with E-state index in [4.69, 9.17) is 0 Å². The first-order valence-electron chi connectivity index (χ1n) is 6.78. The number of rotatable bonds is 11. The summed E-state index contributed by atoms with van der Waals surface area (Å²) in [6.07, 6.45) is -0.213. The molecular formula is C13H30N2OS. The maximum Gasteiger partial charge on any atom is 0.0754 e. The quantitative estimate of drug-likeness (QED) is 0.555. The van der Waals surface area contributed by atoms with E-state index >= 15 is 0 Å². The van der Waals surface area contributed by atoms with Crippen molar-refractivity contribution in [3.05, 3.63) is 0 Å². The van der Waals surface area contributed by atoms with Crippen LogP contribution in [0, 0.1) is 5.92 Å². The Morgan fingerprint density at radius 3 is 2.35 bits per heavy atom. The van der Waals surface area contributed by atoms with Crippen molar-refractivity contribution in [2.24, 2.45) is 5.92 Å². The van der Waals surface area contributed by atoms with Crippen LogP contribution < -0.4 is 5.32 Å². The molecule has 0 aromatic carbocycles. The molecule has 0 bridgehead atoms. The lowest BCUT2D eigenvalue weighted by Crippen LogP contribution is -2.31. The Morgan fingerprint density at radius 1 is 1.18 bits per heavy atom. The number of hydrogen-bond donors (Lipinski definition) is 2. The minimum atomic E-state index is -0.213. The Hall–Kier alpha value is 0.230. The van der Waals surface area contributed by atoms with Crippen molar-refractivity contribution in [2.75, 3.05) is 44.2 Å². The van der Waals surface area contributed by atoms with E-state index in [1.54, 1.807) is 0 Å². The van der Waals surface area contributed by atoms with Crippen molar-refractivity contribution < 1.29 is 5.11 Å². The summed E-state index contributed by atoms with van der Waals surface area (Å²) < 4.78 is 0. The fourth-order valence-electron chi connectivity index (χ4n) is 1.55. The summed E-state index contributed by atoms with van der Waals surface area (Å²) in [5.41, 5.74) is 0. The normalized spacial score (nSPS) is 13.6. The van der Waals surface area contributed by atoms with Gasteiger partial charge in [-0.15, -0.1) is 0 Å². The lowest BCUT2D eigenvalue weighted by atomic mass is 10.2. The molecule has 1 unspecified atom stereocenters. The molecule has 0 aromatic heterocycles. The third-order valence-corrected chi connectivity index (χ3v) is 3.78. The van der Waals surface area contributed by atoms with Crippen molar-refractivity contribution >= 4 is 11.8 Å². The van der Waals surface area contributed by atoms with Crippen LogP contribution in [-0.2, 0) is 0 Å². The molecule has 0 radical (unpaired) electrons. The minimum Gasteiger partial charge on any atom is -0.391 e. The first-order chi connectivity index (χ1) is 8.10. The molecule has 2 N–H and O–H groups in total. The van der Waals surface area contributed by atoms with E-state index in [2.05, 4.69) is 37.9 Å². The highest BCUT2D eigenvalue weighted by atomic mass is 32.2. The zero-order valence-electron chi connectivity index (χ0n) is 11.9. The molecule has 0 aliphatic carbocycles. The summed E-state index contributed by atoms with van der Waals surface area (Å²) >= 11 is 1.85. The number of aliphatic hydroxyl groups excluding tert-OH is 1. The van der Waals surface area contributed by atoms with E-state index in [1.807, 2.05) is 11.8 Å². The second-order valence-corrected chi connectivity index (χ2v) is 5.96. The molecule has 0 fully saturated rings. The molecule has 104 valence electrons. The molecule has 0 heterocycles. The van der Waals surface area contributed by atoms with Gasteiger partial charge >= 0.3 is 0 Å².